The molecule has 0 saturated carbocycles. The maximum absolute atomic E-state index is 13.4. The molecule has 170 valence electrons. The van der Waals surface area contributed by atoms with Crippen LogP contribution in [0.1, 0.15) is 48.0 Å². The minimum atomic E-state index is -0.272. The molecule has 5 heteroatoms. The van der Waals surface area contributed by atoms with E-state index in [-0.39, 0.29) is 11.3 Å². The molecule has 3 aromatic carbocycles. The number of rotatable bonds is 7. The number of carbonyl (C=O) groups is 1. The fourth-order valence-corrected chi connectivity index (χ4v) is 4.74. The molecule has 0 unspecified atom stereocenters. The minimum absolute atomic E-state index is 0.0512. The molecule has 4 rings (SSSR count). The van der Waals surface area contributed by atoms with Gasteiger partial charge in [0.2, 0.25) is 0 Å². The molecule has 0 aliphatic carbocycles. The molecule has 0 spiro atoms. The molecule has 1 amide bonds. The second-order valence-electron chi connectivity index (χ2n) is 9.00. The van der Waals surface area contributed by atoms with Gasteiger partial charge in [-0.1, -0.05) is 75.4 Å². The fourth-order valence-electron chi connectivity index (χ4n) is 3.72. The number of methoxy groups -OCH3 is 1. The van der Waals surface area contributed by atoms with Crippen LogP contribution in [0.2, 0.25) is 0 Å². The number of nitrogens with one attached hydrogen (secondary N) is 1. The zero-order valence-corrected chi connectivity index (χ0v) is 20.3. The van der Waals surface area contributed by atoms with E-state index in [1.54, 1.807) is 18.9 Å². The SMILES string of the molecule is COc1ccc(C(C)(C)C)cc1NC(=O)c1oc2ccccc2c1CSCc1ccccc1. The number of ether oxygens (including phenoxy) is 1. The Morgan fingerprint density at radius 1 is 0.970 bits per heavy atom. The Hall–Kier alpha value is -3.18. The maximum atomic E-state index is 13.4. The number of amides is 1. The molecule has 0 aliphatic rings. The van der Waals surface area contributed by atoms with Crippen molar-refractivity contribution in [1.29, 1.82) is 0 Å². The topological polar surface area (TPSA) is 51.5 Å². The van der Waals surface area contributed by atoms with Crippen LogP contribution in [0, 0.1) is 0 Å². The lowest BCUT2D eigenvalue weighted by Gasteiger charge is -2.21. The van der Waals surface area contributed by atoms with E-state index in [0.717, 1.165) is 22.3 Å². The van der Waals surface area contributed by atoms with E-state index in [2.05, 4.69) is 38.2 Å². The zero-order valence-electron chi connectivity index (χ0n) is 19.5. The summed E-state index contributed by atoms with van der Waals surface area (Å²) in [6.07, 6.45) is 0. The van der Waals surface area contributed by atoms with Crippen LogP contribution in [0.5, 0.6) is 5.75 Å². The largest absolute Gasteiger partial charge is 0.495 e. The van der Waals surface area contributed by atoms with Gasteiger partial charge in [-0.25, -0.2) is 0 Å². The highest BCUT2D eigenvalue weighted by Gasteiger charge is 2.23. The van der Waals surface area contributed by atoms with Crippen LogP contribution in [-0.2, 0) is 16.9 Å². The summed E-state index contributed by atoms with van der Waals surface area (Å²) in [5.41, 5.74) is 4.58. The fraction of sp³-hybridized carbons (Fsp3) is 0.250. The van der Waals surface area contributed by atoms with E-state index >= 15 is 0 Å². The third-order valence-electron chi connectivity index (χ3n) is 5.58. The molecule has 0 saturated heterocycles. The number of para-hydroxylation sites is 1. The molecule has 0 fully saturated rings. The third kappa shape index (κ3) is 5.25. The Balaban J connectivity index is 1.62. The summed E-state index contributed by atoms with van der Waals surface area (Å²) in [4.78, 5) is 13.4. The van der Waals surface area contributed by atoms with Gasteiger partial charge in [-0.15, -0.1) is 0 Å². The number of carbonyl (C=O) groups excluding carboxylic acids is 1. The summed E-state index contributed by atoms with van der Waals surface area (Å²) in [6, 6.07) is 24.0. The Morgan fingerprint density at radius 3 is 2.42 bits per heavy atom. The quantitative estimate of drug-likeness (QED) is 0.312. The third-order valence-corrected chi connectivity index (χ3v) is 6.61. The first-order valence-electron chi connectivity index (χ1n) is 11.0. The number of fused-ring (bicyclic) bond motifs is 1. The molecule has 0 bridgehead atoms. The second kappa shape index (κ2) is 9.75. The lowest BCUT2D eigenvalue weighted by molar-refractivity contribution is 0.0997. The number of benzene rings is 3. The molecule has 0 atom stereocenters. The number of anilines is 1. The van der Waals surface area contributed by atoms with Gasteiger partial charge in [-0.2, -0.15) is 11.8 Å². The average Bonchev–Trinajstić information content (AvgIpc) is 3.18. The maximum Gasteiger partial charge on any atom is 0.291 e. The van der Waals surface area contributed by atoms with Gasteiger partial charge in [0.1, 0.15) is 11.3 Å². The summed E-state index contributed by atoms with van der Waals surface area (Å²) in [5.74, 6) is 2.23. The number of hydrogen-bond acceptors (Lipinski definition) is 4. The van der Waals surface area contributed by atoms with Crippen molar-refractivity contribution >= 4 is 34.3 Å². The van der Waals surface area contributed by atoms with Gasteiger partial charge >= 0.3 is 0 Å². The highest BCUT2D eigenvalue weighted by Crippen LogP contribution is 2.34. The summed E-state index contributed by atoms with van der Waals surface area (Å²) in [5, 5.41) is 4.00. The molecule has 4 aromatic rings. The lowest BCUT2D eigenvalue weighted by atomic mass is 9.87. The average molecular weight is 460 g/mol. The Kier molecular flexibility index (Phi) is 6.80. The number of hydrogen-bond donors (Lipinski definition) is 1. The van der Waals surface area contributed by atoms with Crippen LogP contribution >= 0.6 is 11.8 Å². The van der Waals surface area contributed by atoms with Crippen LogP contribution in [-0.4, -0.2) is 13.0 Å². The highest BCUT2D eigenvalue weighted by atomic mass is 32.2. The van der Waals surface area contributed by atoms with Gasteiger partial charge in [-0.3, -0.25) is 4.79 Å². The molecule has 33 heavy (non-hydrogen) atoms. The van der Waals surface area contributed by atoms with Crippen LogP contribution in [0.4, 0.5) is 5.69 Å². The predicted molar refractivity (Wildman–Crippen MR) is 137 cm³/mol. The zero-order chi connectivity index (χ0) is 23.4. The van der Waals surface area contributed by atoms with Crippen molar-refractivity contribution in [2.45, 2.75) is 37.7 Å². The number of thioether (sulfide) groups is 1. The van der Waals surface area contributed by atoms with E-state index < -0.39 is 0 Å². The molecule has 4 nitrogen and oxygen atoms in total. The van der Waals surface area contributed by atoms with Gasteiger partial charge in [0, 0.05) is 22.5 Å². The highest BCUT2D eigenvalue weighted by molar-refractivity contribution is 7.97. The predicted octanol–water partition coefficient (Wildman–Crippen LogP) is 7.42. The molecule has 0 aliphatic heterocycles. The van der Waals surface area contributed by atoms with E-state index in [4.69, 9.17) is 9.15 Å². The molecular formula is C28H29NO3S. The van der Waals surface area contributed by atoms with Gasteiger partial charge < -0.3 is 14.5 Å². The lowest BCUT2D eigenvalue weighted by Crippen LogP contribution is -2.16. The Bertz CT molecular complexity index is 1260. The van der Waals surface area contributed by atoms with E-state index in [1.165, 1.54) is 5.56 Å². The van der Waals surface area contributed by atoms with Crippen molar-refractivity contribution < 1.29 is 13.9 Å². The van der Waals surface area contributed by atoms with E-state index in [9.17, 15) is 4.79 Å². The Morgan fingerprint density at radius 2 is 1.70 bits per heavy atom. The van der Waals surface area contributed by atoms with Crippen molar-refractivity contribution in [2.24, 2.45) is 0 Å². The van der Waals surface area contributed by atoms with Crippen molar-refractivity contribution in [3.8, 4) is 5.75 Å². The van der Waals surface area contributed by atoms with Crippen LogP contribution in [0.15, 0.2) is 77.2 Å². The minimum Gasteiger partial charge on any atom is -0.495 e. The van der Waals surface area contributed by atoms with E-state index in [1.807, 2.05) is 60.7 Å². The second-order valence-corrected chi connectivity index (χ2v) is 9.99. The summed E-state index contributed by atoms with van der Waals surface area (Å²) in [6.45, 7) is 6.42. The molecule has 0 radical (unpaired) electrons. The first-order valence-corrected chi connectivity index (χ1v) is 12.1. The smallest absolute Gasteiger partial charge is 0.291 e. The van der Waals surface area contributed by atoms with Gasteiger partial charge in [0.05, 0.1) is 12.8 Å². The first kappa shape index (κ1) is 23.0. The van der Waals surface area contributed by atoms with Gasteiger partial charge in [0.15, 0.2) is 5.76 Å². The number of furan rings is 1. The van der Waals surface area contributed by atoms with Crippen LogP contribution in [0.25, 0.3) is 11.0 Å². The summed E-state index contributed by atoms with van der Waals surface area (Å²) >= 11 is 1.77. The van der Waals surface area contributed by atoms with Crippen LogP contribution < -0.4 is 10.1 Å². The van der Waals surface area contributed by atoms with E-state index in [0.29, 0.717) is 28.5 Å². The molecule has 1 heterocycles. The molecular weight excluding hydrogens is 430 g/mol. The molecule has 1 N–H and O–H groups in total. The standard InChI is InChI=1S/C28H29NO3S/c1-28(2,3)20-14-15-25(31-4)23(16-20)29-27(30)26-22(21-12-8-9-13-24(21)32-26)18-33-17-19-10-6-5-7-11-19/h5-16H,17-18H2,1-4H3,(H,29,30). The van der Waals surface area contributed by atoms with Gasteiger partial charge in [0.25, 0.3) is 5.91 Å². The normalized spacial score (nSPS) is 11.5. The molecule has 1 aromatic heterocycles. The van der Waals surface area contributed by atoms with Gasteiger partial charge in [-0.05, 0) is 34.7 Å². The van der Waals surface area contributed by atoms with Crippen LogP contribution in [0.3, 0.4) is 0 Å². The summed E-state index contributed by atoms with van der Waals surface area (Å²) in [7, 11) is 1.61. The van der Waals surface area contributed by atoms with Crippen molar-refractivity contribution in [2.75, 3.05) is 12.4 Å². The van der Waals surface area contributed by atoms with Crippen molar-refractivity contribution in [3.05, 3.63) is 95.2 Å². The summed E-state index contributed by atoms with van der Waals surface area (Å²) < 4.78 is 11.5. The van der Waals surface area contributed by atoms with Crippen molar-refractivity contribution in [3.63, 3.8) is 0 Å². The van der Waals surface area contributed by atoms with Crippen molar-refractivity contribution in [1.82, 2.24) is 0 Å². The monoisotopic (exact) mass is 459 g/mol. The Labute approximate surface area is 199 Å². The first-order chi connectivity index (χ1) is 15.9.